The smallest absolute Gasteiger partial charge is 0.310 e. The van der Waals surface area contributed by atoms with Gasteiger partial charge in [-0.15, -0.1) is 0 Å². The zero-order valence-corrected chi connectivity index (χ0v) is 15.9. The first-order chi connectivity index (χ1) is 14.2. The third-order valence-electron chi connectivity index (χ3n) is 4.82. The van der Waals surface area contributed by atoms with Crippen molar-refractivity contribution in [1.82, 2.24) is 5.32 Å². The molecule has 0 bridgehead atoms. The van der Waals surface area contributed by atoms with Gasteiger partial charge in [0.1, 0.15) is 5.58 Å². The molecule has 0 saturated carbocycles. The lowest BCUT2D eigenvalue weighted by atomic mass is 10.0. The molecule has 4 rings (SSSR count). The molecular formula is C24H21NO4. The Morgan fingerprint density at radius 2 is 1.72 bits per heavy atom. The average Bonchev–Trinajstić information content (AvgIpc) is 3.16. The minimum absolute atomic E-state index is 0.0539. The lowest BCUT2D eigenvalue weighted by Gasteiger charge is -2.07. The summed E-state index contributed by atoms with van der Waals surface area (Å²) in [5, 5.41) is 5.78. The van der Waals surface area contributed by atoms with Crippen molar-refractivity contribution in [2.75, 3.05) is 13.2 Å². The summed E-state index contributed by atoms with van der Waals surface area (Å²) in [5.74, 6) is -0.768. The third-order valence-corrected chi connectivity index (χ3v) is 4.82. The molecule has 146 valence electrons. The highest BCUT2D eigenvalue weighted by atomic mass is 16.5. The second kappa shape index (κ2) is 8.61. The van der Waals surface area contributed by atoms with Crippen LogP contribution in [0, 0.1) is 0 Å². The van der Waals surface area contributed by atoms with E-state index in [9.17, 15) is 9.59 Å². The third kappa shape index (κ3) is 4.46. The predicted molar refractivity (Wildman–Crippen MR) is 112 cm³/mol. The summed E-state index contributed by atoms with van der Waals surface area (Å²) in [6.07, 6.45) is 2.37. The summed E-state index contributed by atoms with van der Waals surface area (Å²) < 4.78 is 10.7. The molecule has 0 radical (unpaired) electrons. The van der Waals surface area contributed by atoms with Crippen LogP contribution in [0.3, 0.4) is 0 Å². The number of benzene rings is 3. The van der Waals surface area contributed by atoms with Gasteiger partial charge in [-0.1, -0.05) is 60.7 Å². The first-order valence-electron chi connectivity index (χ1n) is 9.55. The fourth-order valence-electron chi connectivity index (χ4n) is 3.40. The molecule has 1 amide bonds. The van der Waals surface area contributed by atoms with Crippen LogP contribution in [0.25, 0.3) is 21.7 Å². The van der Waals surface area contributed by atoms with Crippen molar-refractivity contribution in [2.45, 2.75) is 12.8 Å². The van der Waals surface area contributed by atoms with Crippen molar-refractivity contribution in [1.29, 1.82) is 0 Å². The molecule has 5 heteroatoms. The molecule has 0 unspecified atom stereocenters. The molecule has 0 saturated heterocycles. The Morgan fingerprint density at radius 1 is 0.931 bits per heavy atom. The fraction of sp³-hybridized carbons (Fsp3) is 0.167. The molecule has 5 nitrogen and oxygen atoms in total. The lowest BCUT2D eigenvalue weighted by Crippen LogP contribution is -2.30. The van der Waals surface area contributed by atoms with Crippen LogP contribution in [0.4, 0.5) is 0 Å². The number of nitrogens with one attached hydrogen (secondary N) is 1. The highest BCUT2D eigenvalue weighted by Crippen LogP contribution is 2.30. The van der Waals surface area contributed by atoms with Crippen molar-refractivity contribution in [3.8, 4) is 0 Å². The summed E-state index contributed by atoms with van der Waals surface area (Å²) in [6.45, 7) is 0.211. The highest BCUT2D eigenvalue weighted by Gasteiger charge is 2.15. The van der Waals surface area contributed by atoms with Gasteiger partial charge in [-0.25, -0.2) is 0 Å². The molecule has 0 spiro atoms. The van der Waals surface area contributed by atoms with Crippen LogP contribution in [-0.4, -0.2) is 25.0 Å². The van der Waals surface area contributed by atoms with Crippen molar-refractivity contribution in [2.24, 2.45) is 0 Å². The summed E-state index contributed by atoms with van der Waals surface area (Å²) in [7, 11) is 0. The zero-order valence-electron chi connectivity index (χ0n) is 15.9. The van der Waals surface area contributed by atoms with Crippen molar-refractivity contribution in [3.05, 3.63) is 84.1 Å². The Bertz CT molecular complexity index is 1150. The van der Waals surface area contributed by atoms with E-state index < -0.39 is 5.97 Å². The van der Waals surface area contributed by atoms with Gasteiger partial charge in [0, 0.05) is 17.5 Å². The second-order valence-electron chi connectivity index (χ2n) is 6.84. The predicted octanol–water partition coefficient (Wildman–Crippen LogP) is 4.03. The molecule has 0 atom stereocenters. The van der Waals surface area contributed by atoms with Gasteiger partial charge in [-0.3, -0.25) is 9.59 Å². The van der Waals surface area contributed by atoms with Gasteiger partial charge in [0.2, 0.25) is 0 Å². The van der Waals surface area contributed by atoms with E-state index in [1.165, 1.54) is 0 Å². The monoisotopic (exact) mass is 387 g/mol. The van der Waals surface area contributed by atoms with Gasteiger partial charge in [0.05, 0.1) is 12.7 Å². The Kier molecular flexibility index (Phi) is 5.56. The molecule has 4 aromatic rings. The number of carbonyl (C=O) groups excluding carboxylic acids is 2. The standard InChI is InChI=1S/C24H21NO4/c26-22(25-13-12-17-6-2-1-3-7-17)16-29-23(27)14-19-15-28-21-11-10-18-8-4-5-9-20(18)24(19)21/h1-11,15H,12-14,16H2,(H,25,26). The van der Waals surface area contributed by atoms with Gasteiger partial charge in [-0.2, -0.15) is 0 Å². The summed E-state index contributed by atoms with van der Waals surface area (Å²) in [4.78, 5) is 24.2. The molecule has 1 N–H and O–H groups in total. The van der Waals surface area contributed by atoms with Crippen LogP contribution in [0.5, 0.6) is 0 Å². The van der Waals surface area contributed by atoms with Crippen molar-refractivity contribution < 1.29 is 18.7 Å². The summed E-state index contributed by atoms with van der Waals surface area (Å²) in [5.41, 5.74) is 2.63. The molecule has 1 aromatic heterocycles. The van der Waals surface area contributed by atoms with E-state index in [-0.39, 0.29) is 18.9 Å². The molecular weight excluding hydrogens is 366 g/mol. The Morgan fingerprint density at radius 3 is 2.59 bits per heavy atom. The molecule has 29 heavy (non-hydrogen) atoms. The molecule has 0 aliphatic carbocycles. The Hall–Kier alpha value is -3.60. The van der Waals surface area contributed by atoms with E-state index in [4.69, 9.17) is 9.15 Å². The highest BCUT2D eigenvalue weighted by molar-refractivity contribution is 6.08. The SMILES string of the molecule is O=C(COC(=O)Cc1coc2ccc3ccccc3c12)NCCc1ccccc1. The van der Waals surface area contributed by atoms with E-state index in [0.717, 1.165) is 39.3 Å². The van der Waals surface area contributed by atoms with Crippen LogP contribution < -0.4 is 5.32 Å². The molecule has 3 aromatic carbocycles. The molecule has 1 heterocycles. The first kappa shape index (κ1) is 18.7. The Labute approximate surface area is 168 Å². The van der Waals surface area contributed by atoms with Gasteiger partial charge in [0.15, 0.2) is 6.61 Å². The number of amides is 1. The second-order valence-corrected chi connectivity index (χ2v) is 6.84. The van der Waals surface area contributed by atoms with E-state index in [1.54, 1.807) is 6.26 Å². The normalized spacial score (nSPS) is 10.9. The topological polar surface area (TPSA) is 68.5 Å². The van der Waals surface area contributed by atoms with Crippen LogP contribution in [-0.2, 0) is 27.2 Å². The minimum atomic E-state index is -0.459. The number of hydrogen-bond donors (Lipinski definition) is 1. The largest absolute Gasteiger partial charge is 0.464 e. The maximum absolute atomic E-state index is 12.2. The van der Waals surface area contributed by atoms with Crippen molar-refractivity contribution in [3.63, 3.8) is 0 Å². The maximum Gasteiger partial charge on any atom is 0.310 e. The summed E-state index contributed by atoms with van der Waals surface area (Å²) in [6, 6.07) is 21.7. The van der Waals surface area contributed by atoms with Gasteiger partial charge >= 0.3 is 5.97 Å². The van der Waals surface area contributed by atoms with Crippen LogP contribution in [0.15, 0.2) is 77.4 Å². The minimum Gasteiger partial charge on any atom is -0.464 e. The maximum atomic E-state index is 12.2. The number of rotatable bonds is 7. The lowest BCUT2D eigenvalue weighted by molar-refractivity contribution is -0.147. The number of carbonyl (C=O) groups is 2. The quantitative estimate of drug-likeness (QED) is 0.486. The number of ether oxygens (including phenoxy) is 1. The number of furan rings is 1. The van der Waals surface area contributed by atoms with E-state index in [1.807, 2.05) is 66.7 Å². The van der Waals surface area contributed by atoms with Gasteiger partial charge < -0.3 is 14.5 Å². The van der Waals surface area contributed by atoms with Crippen LogP contribution in [0.1, 0.15) is 11.1 Å². The van der Waals surface area contributed by atoms with Crippen LogP contribution in [0.2, 0.25) is 0 Å². The van der Waals surface area contributed by atoms with Gasteiger partial charge in [0.25, 0.3) is 5.91 Å². The zero-order chi connectivity index (χ0) is 20.1. The molecule has 0 aliphatic heterocycles. The van der Waals surface area contributed by atoms with Gasteiger partial charge in [-0.05, 0) is 28.8 Å². The number of esters is 1. The van der Waals surface area contributed by atoms with E-state index in [0.29, 0.717) is 6.54 Å². The van der Waals surface area contributed by atoms with Crippen molar-refractivity contribution >= 4 is 33.6 Å². The molecule has 0 fully saturated rings. The first-order valence-corrected chi connectivity index (χ1v) is 9.55. The van der Waals surface area contributed by atoms with Crippen LogP contribution >= 0.6 is 0 Å². The molecule has 0 aliphatic rings. The number of fused-ring (bicyclic) bond motifs is 3. The van der Waals surface area contributed by atoms with E-state index in [2.05, 4.69) is 5.32 Å². The van der Waals surface area contributed by atoms with E-state index >= 15 is 0 Å². The fourth-order valence-corrected chi connectivity index (χ4v) is 3.40. The Balaban J connectivity index is 1.32. The summed E-state index contributed by atoms with van der Waals surface area (Å²) >= 11 is 0. The average molecular weight is 387 g/mol. The number of hydrogen-bond acceptors (Lipinski definition) is 4.